The molecule has 0 heterocycles. The van der Waals surface area contributed by atoms with Gasteiger partial charge in [0.2, 0.25) is 5.75 Å². The molecular weight excluding hydrogens is 476 g/mol. The molecule has 0 saturated heterocycles. The van der Waals surface area contributed by atoms with Crippen LogP contribution in [0.1, 0.15) is 28.4 Å². The molecule has 0 atom stereocenters. The van der Waals surface area contributed by atoms with E-state index in [4.69, 9.17) is 25.8 Å². The van der Waals surface area contributed by atoms with Crippen molar-refractivity contribution in [3.63, 3.8) is 0 Å². The van der Waals surface area contributed by atoms with Crippen LogP contribution in [0.3, 0.4) is 0 Å². The van der Waals surface area contributed by atoms with Gasteiger partial charge in [0.05, 0.1) is 17.6 Å². The summed E-state index contributed by atoms with van der Waals surface area (Å²) in [5.74, 6) is -0.987. The molecule has 182 valence electrons. The maximum Gasteiger partial charge on any atom is 0.338 e. The molecular formula is C25H23ClN2O7. The normalized spacial score (nSPS) is 10.4. The molecule has 0 fully saturated rings. The molecule has 1 amide bonds. The smallest absolute Gasteiger partial charge is 0.338 e. The number of para-hydroxylation sites is 1. The molecule has 10 heteroatoms. The van der Waals surface area contributed by atoms with Gasteiger partial charge >= 0.3 is 11.7 Å². The van der Waals surface area contributed by atoms with Crippen LogP contribution in [0, 0.1) is 17.0 Å². The van der Waals surface area contributed by atoms with E-state index < -0.39 is 23.4 Å². The Bertz CT molecular complexity index is 1280. The first-order valence-electron chi connectivity index (χ1n) is 10.6. The van der Waals surface area contributed by atoms with Crippen LogP contribution >= 0.6 is 11.6 Å². The first-order valence-corrected chi connectivity index (χ1v) is 11.0. The van der Waals surface area contributed by atoms with Gasteiger partial charge in [-0.1, -0.05) is 36.7 Å². The minimum absolute atomic E-state index is 0.0487. The minimum Gasteiger partial charge on any atom is -0.493 e. The van der Waals surface area contributed by atoms with Crippen LogP contribution in [-0.2, 0) is 16.0 Å². The minimum atomic E-state index is -0.747. The number of nitro groups is 1. The van der Waals surface area contributed by atoms with Gasteiger partial charge in [-0.25, -0.2) is 4.79 Å². The fourth-order valence-corrected chi connectivity index (χ4v) is 3.48. The summed E-state index contributed by atoms with van der Waals surface area (Å²) >= 11 is 5.83. The highest BCUT2D eigenvalue weighted by Crippen LogP contribution is 2.38. The molecule has 0 saturated carbocycles. The lowest BCUT2D eigenvalue weighted by Crippen LogP contribution is -2.22. The monoisotopic (exact) mass is 498 g/mol. The Balaban J connectivity index is 1.70. The van der Waals surface area contributed by atoms with Gasteiger partial charge in [0.1, 0.15) is 0 Å². The van der Waals surface area contributed by atoms with E-state index in [0.29, 0.717) is 5.69 Å². The molecule has 0 bridgehead atoms. The van der Waals surface area contributed by atoms with Crippen LogP contribution in [-0.4, -0.2) is 30.5 Å². The number of anilines is 1. The van der Waals surface area contributed by atoms with Gasteiger partial charge in [-0.3, -0.25) is 14.9 Å². The Hall–Kier alpha value is -4.11. The lowest BCUT2D eigenvalue weighted by atomic mass is 10.1. The number of nitrogens with zero attached hydrogens (tertiary/aromatic N) is 1. The second kappa shape index (κ2) is 11.3. The first kappa shape index (κ1) is 25.5. The molecule has 0 aliphatic heterocycles. The van der Waals surface area contributed by atoms with Crippen molar-refractivity contribution in [1.82, 2.24) is 0 Å². The highest BCUT2D eigenvalue weighted by atomic mass is 35.5. The second-order valence-electron chi connectivity index (χ2n) is 7.42. The Kier molecular flexibility index (Phi) is 8.27. The van der Waals surface area contributed by atoms with Gasteiger partial charge in [0.25, 0.3) is 5.91 Å². The third-order valence-electron chi connectivity index (χ3n) is 5.08. The van der Waals surface area contributed by atoms with Crippen LogP contribution in [0.15, 0.2) is 54.6 Å². The van der Waals surface area contributed by atoms with Gasteiger partial charge in [0.15, 0.2) is 18.1 Å². The number of hydrogen-bond acceptors (Lipinski definition) is 7. The summed E-state index contributed by atoms with van der Waals surface area (Å²) in [6.07, 6.45) is 0.741. The maximum absolute atomic E-state index is 12.5. The summed E-state index contributed by atoms with van der Waals surface area (Å²) in [5.41, 5.74) is 2.37. The Labute approximate surface area is 206 Å². The van der Waals surface area contributed by atoms with Gasteiger partial charge in [0, 0.05) is 16.8 Å². The third-order valence-corrected chi connectivity index (χ3v) is 5.31. The number of carbonyl (C=O) groups excluding carboxylic acids is 2. The molecule has 1 N–H and O–H groups in total. The highest BCUT2D eigenvalue weighted by Gasteiger charge is 2.20. The Morgan fingerprint density at radius 1 is 1.06 bits per heavy atom. The van der Waals surface area contributed by atoms with E-state index in [1.165, 1.54) is 43.5 Å². The van der Waals surface area contributed by atoms with Crippen LogP contribution in [0.4, 0.5) is 11.4 Å². The van der Waals surface area contributed by atoms with Crippen LogP contribution < -0.4 is 14.8 Å². The topological polar surface area (TPSA) is 117 Å². The largest absolute Gasteiger partial charge is 0.493 e. The van der Waals surface area contributed by atoms with Crippen LogP contribution in [0.25, 0.3) is 0 Å². The number of esters is 1. The summed E-state index contributed by atoms with van der Waals surface area (Å²) < 4.78 is 16.1. The molecule has 3 aromatic rings. The van der Waals surface area contributed by atoms with Crippen molar-refractivity contribution in [3.05, 3.63) is 86.4 Å². The summed E-state index contributed by atoms with van der Waals surface area (Å²) in [4.78, 5) is 35.6. The lowest BCUT2D eigenvalue weighted by Gasteiger charge is -2.14. The molecule has 0 spiro atoms. The summed E-state index contributed by atoms with van der Waals surface area (Å²) in [6.45, 7) is 3.39. The number of rotatable bonds is 9. The average Bonchev–Trinajstić information content (AvgIpc) is 2.84. The fourth-order valence-electron chi connectivity index (χ4n) is 3.31. The van der Waals surface area contributed by atoms with Gasteiger partial charge in [-0.15, -0.1) is 0 Å². The molecule has 3 aromatic carbocycles. The van der Waals surface area contributed by atoms with E-state index in [1.54, 1.807) is 0 Å². The molecule has 0 aliphatic rings. The fraction of sp³-hybridized carbons (Fsp3) is 0.200. The van der Waals surface area contributed by atoms with E-state index in [1.807, 2.05) is 32.0 Å². The SMILES string of the molecule is CCc1cccc(C)c1NC(=O)COC(=O)c1ccc(Oc2ccc(Cl)cc2[N+](=O)[O-])c(OC)c1. The number of halogens is 1. The van der Waals surface area contributed by atoms with Crippen LogP contribution in [0.5, 0.6) is 17.2 Å². The number of nitro benzene ring substituents is 1. The zero-order chi connectivity index (χ0) is 25.5. The number of aryl methyl sites for hydroxylation is 2. The van der Waals surface area contributed by atoms with Crippen LogP contribution in [0.2, 0.25) is 5.02 Å². The molecule has 9 nitrogen and oxygen atoms in total. The van der Waals surface area contributed by atoms with Crippen molar-refractivity contribution >= 4 is 34.9 Å². The van der Waals surface area contributed by atoms with Crippen molar-refractivity contribution in [1.29, 1.82) is 0 Å². The van der Waals surface area contributed by atoms with Gasteiger partial charge in [-0.05, 0) is 54.8 Å². The zero-order valence-corrected chi connectivity index (χ0v) is 20.0. The second-order valence-corrected chi connectivity index (χ2v) is 7.86. The maximum atomic E-state index is 12.5. The van der Waals surface area contributed by atoms with Crippen molar-refractivity contribution < 1.29 is 28.7 Å². The lowest BCUT2D eigenvalue weighted by molar-refractivity contribution is -0.385. The molecule has 35 heavy (non-hydrogen) atoms. The molecule has 0 aliphatic carbocycles. The van der Waals surface area contributed by atoms with Crippen molar-refractivity contribution in [3.8, 4) is 17.2 Å². The van der Waals surface area contributed by atoms with E-state index in [0.717, 1.165) is 17.5 Å². The van der Waals surface area contributed by atoms with Gasteiger partial charge < -0.3 is 19.5 Å². The van der Waals surface area contributed by atoms with E-state index >= 15 is 0 Å². The van der Waals surface area contributed by atoms with E-state index in [2.05, 4.69) is 5.32 Å². The number of methoxy groups -OCH3 is 1. The molecule has 0 aromatic heterocycles. The number of ether oxygens (including phenoxy) is 3. The van der Waals surface area contributed by atoms with E-state index in [-0.39, 0.29) is 33.5 Å². The number of nitrogens with one attached hydrogen (secondary N) is 1. The first-order chi connectivity index (χ1) is 16.7. The summed E-state index contributed by atoms with van der Waals surface area (Å²) in [6, 6.07) is 13.9. The number of benzene rings is 3. The Morgan fingerprint density at radius 2 is 1.80 bits per heavy atom. The standard InChI is InChI=1S/C25H23ClN2O7/c1-4-16-7-5-6-15(2)24(16)27-23(29)14-34-25(30)17-8-10-21(22(12-17)33-3)35-20-11-9-18(26)13-19(20)28(31)32/h5-13H,4,14H2,1-3H3,(H,27,29). The van der Waals surface area contributed by atoms with Crippen molar-refractivity contribution in [2.45, 2.75) is 20.3 Å². The molecule has 0 radical (unpaired) electrons. The number of hydrogen-bond donors (Lipinski definition) is 1. The summed E-state index contributed by atoms with van der Waals surface area (Å²) in [7, 11) is 1.36. The highest BCUT2D eigenvalue weighted by molar-refractivity contribution is 6.30. The van der Waals surface area contributed by atoms with Gasteiger partial charge in [-0.2, -0.15) is 0 Å². The quantitative estimate of drug-likeness (QED) is 0.228. The van der Waals surface area contributed by atoms with E-state index in [9.17, 15) is 19.7 Å². The predicted octanol–water partition coefficient (Wildman–Crippen LogP) is 5.72. The van der Waals surface area contributed by atoms with Crippen molar-refractivity contribution in [2.75, 3.05) is 19.0 Å². The van der Waals surface area contributed by atoms with Crippen molar-refractivity contribution in [2.24, 2.45) is 0 Å². The summed E-state index contributed by atoms with van der Waals surface area (Å²) in [5, 5.41) is 14.3. The zero-order valence-electron chi connectivity index (χ0n) is 19.3. The number of carbonyl (C=O) groups is 2. The Morgan fingerprint density at radius 3 is 2.49 bits per heavy atom. The third kappa shape index (κ3) is 6.27. The molecule has 0 unspecified atom stereocenters. The predicted molar refractivity (Wildman–Crippen MR) is 131 cm³/mol. The molecule has 3 rings (SSSR count). The average molecular weight is 499 g/mol. The number of amides is 1.